The van der Waals surface area contributed by atoms with Crippen LogP contribution in [0, 0.1) is 5.92 Å². The van der Waals surface area contributed by atoms with E-state index < -0.39 is 87.6 Å². The van der Waals surface area contributed by atoms with Gasteiger partial charge in [0.1, 0.15) is 36.1 Å². The van der Waals surface area contributed by atoms with E-state index in [0.29, 0.717) is 36.4 Å². The van der Waals surface area contributed by atoms with Gasteiger partial charge in [0.25, 0.3) is 0 Å². The van der Waals surface area contributed by atoms with Crippen LogP contribution in [0.2, 0.25) is 16.6 Å². The minimum absolute atomic E-state index is 0.109. The van der Waals surface area contributed by atoms with Gasteiger partial charge >= 0.3 is 0 Å². The van der Waals surface area contributed by atoms with Crippen LogP contribution in [0.5, 0.6) is 0 Å². The Bertz CT molecular complexity index is 1860. The van der Waals surface area contributed by atoms with Crippen molar-refractivity contribution in [2.24, 2.45) is 5.92 Å². The molecule has 3 aromatic rings. The van der Waals surface area contributed by atoms with Crippen molar-refractivity contribution in [2.75, 3.05) is 19.8 Å². The van der Waals surface area contributed by atoms with E-state index >= 15 is 0 Å². The molecule has 5 fully saturated rings. The molecule has 0 N–H and O–H groups in total. The average Bonchev–Trinajstić information content (AvgIpc) is 3.91. The van der Waals surface area contributed by atoms with Crippen LogP contribution in [0.3, 0.4) is 0 Å². The molecule has 4 unspecified atom stereocenters. The van der Waals surface area contributed by atoms with Gasteiger partial charge in [-0.25, -0.2) is 0 Å². The summed E-state index contributed by atoms with van der Waals surface area (Å²) in [5.41, 5.74) is 3.15. The predicted molar refractivity (Wildman–Crippen MR) is 238 cm³/mol. The number of hydrogen-bond acceptors (Lipinski definition) is 12. The summed E-state index contributed by atoms with van der Waals surface area (Å²) in [6.07, 6.45) is -6.76. The number of rotatable bonds is 17. The molecule has 63 heavy (non-hydrogen) atoms. The molecule has 0 aromatic heterocycles. The Balaban J connectivity index is 1.05. The second kappa shape index (κ2) is 19.7. The van der Waals surface area contributed by atoms with Gasteiger partial charge in [-0.2, -0.15) is 0 Å². The van der Waals surface area contributed by atoms with Crippen LogP contribution >= 0.6 is 0 Å². The highest BCUT2D eigenvalue weighted by Crippen LogP contribution is 2.49. The third kappa shape index (κ3) is 9.93. The van der Waals surface area contributed by atoms with Gasteiger partial charge in [0, 0.05) is 11.5 Å². The number of benzene rings is 3. The smallest absolute Gasteiger partial charge is 0.203 e. The Kier molecular flexibility index (Phi) is 14.7. The summed E-state index contributed by atoms with van der Waals surface area (Å²) >= 11 is 0. The van der Waals surface area contributed by atoms with Crippen LogP contribution < -0.4 is 0 Å². The van der Waals surface area contributed by atoms with E-state index in [1.165, 1.54) is 0 Å². The molecule has 0 aliphatic carbocycles. The monoisotopic (exact) mass is 890 g/mol. The fourth-order valence-electron chi connectivity index (χ4n) is 10.5. The molecule has 0 bridgehead atoms. The van der Waals surface area contributed by atoms with Crippen LogP contribution in [0.1, 0.15) is 92.2 Å². The highest BCUT2D eigenvalue weighted by atomic mass is 28.4. The van der Waals surface area contributed by atoms with Crippen LogP contribution in [-0.2, 0) is 69.7 Å². The highest BCUT2D eigenvalue weighted by Gasteiger charge is 2.62. The predicted octanol–water partition coefficient (Wildman–Crippen LogP) is 9.22. The average molecular weight is 891 g/mol. The summed E-state index contributed by atoms with van der Waals surface area (Å²) in [7, 11) is -2.37. The minimum atomic E-state index is -2.37. The van der Waals surface area contributed by atoms with Crippen molar-refractivity contribution in [2.45, 2.75) is 178 Å². The molecule has 346 valence electrons. The maximum atomic E-state index is 7.25. The van der Waals surface area contributed by atoms with Crippen molar-refractivity contribution >= 4 is 8.32 Å². The van der Waals surface area contributed by atoms with Crippen molar-refractivity contribution in [3.8, 4) is 0 Å². The maximum Gasteiger partial charge on any atom is 0.203 e. The molecule has 5 aliphatic heterocycles. The van der Waals surface area contributed by atoms with E-state index in [1.54, 1.807) is 0 Å². The van der Waals surface area contributed by atoms with Crippen molar-refractivity contribution < 1.29 is 56.5 Å². The van der Waals surface area contributed by atoms with E-state index in [2.05, 4.69) is 48.5 Å². The van der Waals surface area contributed by atoms with Crippen LogP contribution in [0.4, 0.5) is 0 Å². The molecule has 5 heterocycles. The number of ether oxygens (including phenoxy) is 11. The standard InChI is InChI=1S/C50H70O12Si/c1-31(2)63(32(3)4,33(5)6)62-47-43-41(59-49(9,10)60-43)40(35(8)55-47)57-46-42(52-28-37-22-16-12-17-23-37)39(34(7)26-53-46)56-48-44-50(30-54-48,29-51-27-36-20-14-11-15-21-36)61-45(58-44)38-24-18-13-19-25-38/h11-25,31-35,39-48H,26-30H2,1-10H3/t34-,35?,39-,40+,41?,42?,43+,44?,45+,46+,47+,48+,50-/m1/s1. The number of fused-ring (bicyclic) bond motifs is 2. The molecular formula is C50H70O12Si. The first-order valence-electron chi connectivity index (χ1n) is 23.1. The molecule has 12 nitrogen and oxygen atoms in total. The van der Waals surface area contributed by atoms with Gasteiger partial charge in [-0.05, 0) is 48.5 Å². The Morgan fingerprint density at radius 1 is 0.635 bits per heavy atom. The quantitative estimate of drug-likeness (QED) is 0.121. The molecular weight excluding hydrogens is 821 g/mol. The van der Waals surface area contributed by atoms with Gasteiger partial charge < -0.3 is 56.5 Å². The summed E-state index contributed by atoms with van der Waals surface area (Å²) in [5, 5.41) is 0. The lowest BCUT2D eigenvalue weighted by Gasteiger charge is -2.50. The Morgan fingerprint density at radius 2 is 1.22 bits per heavy atom. The molecule has 0 saturated carbocycles. The summed E-state index contributed by atoms with van der Waals surface area (Å²) in [6, 6.07) is 30.1. The van der Waals surface area contributed by atoms with Gasteiger partial charge in [-0.3, -0.25) is 0 Å². The van der Waals surface area contributed by atoms with Gasteiger partial charge in [0.15, 0.2) is 30.9 Å². The fraction of sp³-hybridized carbons (Fsp3) is 0.640. The first-order valence-corrected chi connectivity index (χ1v) is 25.2. The third-order valence-corrected chi connectivity index (χ3v) is 19.6. The first kappa shape index (κ1) is 46.9. The van der Waals surface area contributed by atoms with Gasteiger partial charge in [-0.15, -0.1) is 0 Å². The zero-order valence-electron chi connectivity index (χ0n) is 38.8. The first-order chi connectivity index (χ1) is 30.2. The molecule has 13 heteroatoms. The zero-order valence-corrected chi connectivity index (χ0v) is 39.8. The third-order valence-electron chi connectivity index (χ3n) is 13.5. The molecule has 0 radical (unpaired) electrons. The normalized spacial score (nSPS) is 35.4. The zero-order chi connectivity index (χ0) is 44.5. The Morgan fingerprint density at radius 3 is 1.86 bits per heavy atom. The second-order valence-electron chi connectivity index (χ2n) is 19.5. The summed E-state index contributed by atoms with van der Waals surface area (Å²) in [5.74, 6) is -0.999. The fourth-order valence-corrected chi connectivity index (χ4v) is 16.0. The Hall–Kier alpha value is -2.60. The number of hydrogen-bond donors (Lipinski definition) is 0. The lowest BCUT2D eigenvalue weighted by molar-refractivity contribution is -0.340. The van der Waals surface area contributed by atoms with E-state index in [-0.39, 0.29) is 19.1 Å². The molecule has 0 spiro atoms. The Labute approximate surface area is 375 Å². The van der Waals surface area contributed by atoms with Gasteiger partial charge in [0.2, 0.25) is 8.32 Å². The minimum Gasteiger partial charge on any atom is -0.389 e. The molecule has 5 aliphatic rings. The SMILES string of the molecule is CC1O[C@@H](O[Si](C(C)C)(C(C)C)C(C)C)[C@H]2OC(C)(C)OC2[C@H]1O[C@@H]1OC[C@@H](C)[C@@H](O[C@@H]2OC[C@@]3(COCc4ccccc4)O[C@@H](c4ccccc4)OC23)C1OCc1ccccc1. The van der Waals surface area contributed by atoms with E-state index in [0.717, 1.165) is 16.7 Å². The topological polar surface area (TPSA) is 111 Å². The lowest BCUT2D eigenvalue weighted by Crippen LogP contribution is -2.63. The van der Waals surface area contributed by atoms with Crippen molar-refractivity contribution in [3.05, 3.63) is 108 Å². The summed E-state index contributed by atoms with van der Waals surface area (Å²) in [4.78, 5) is 0. The van der Waals surface area contributed by atoms with Crippen LogP contribution in [0.25, 0.3) is 0 Å². The van der Waals surface area contributed by atoms with Gasteiger partial charge in [-0.1, -0.05) is 139 Å². The summed E-state index contributed by atoms with van der Waals surface area (Å²) < 4.78 is 81.4. The lowest BCUT2D eigenvalue weighted by atomic mass is 9.95. The maximum absolute atomic E-state index is 7.25. The molecule has 8 rings (SSSR count). The van der Waals surface area contributed by atoms with E-state index in [9.17, 15) is 0 Å². The van der Waals surface area contributed by atoms with Crippen molar-refractivity contribution in [1.29, 1.82) is 0 Å². The molecule has 0 amide bonds. The van der Waals surface area contributed by atoms with Crippen molar-refractivity contribution in [3.63, 3.8) is 0 Å². The van der Waals surface area contributed by atoms with Crippen molar-refractivity contribution in [1.82, 2.24) is 0 Å². The molecule has 5 saturated heterocycles. The largest absolute Gasteiger partial charge is 0.389 e. The second-order valence-corrected chi connectivity index (χ2v) is 24.9. The molecule has 3 aromatic carbocycles. The summed E-state index contributed by atoms with van der Waals surface area (Å²) in [6.45, 7) is 23.2. The van der Waals surface area contributed by atoms with Gasteiger partial charge in [0.05, 0.1) is 45.2 Å². The van der Waals surface area contributed by atoms with Crippen LogP contribution in [-0.4, -0.2) is 101 Å². The molecule has 13 atom stereocenters. The van der Waals surface area contributed by atoms with E-state index in [1.807, 2.05) is 112 Å². The highest BCUT2D eigenvalue weighted by molar-refractivity contribution is 6.77. The van der Waals surface area contributed by atoms with E-state index in [4.69, 9.17) is 56.5 Å². The van der Waals surface area contributed by atoms with Crippen LogP contribution in [0.15, 0.2) is 91.0 Å².